The van der Waals surface area contributed by atoms with Gasteiger partial charge in [-0.1, -0.05) is 0 Å². The number of carbonyl (C=O) groups is 1. The van der Waals surface area contributed by atoms with Crippen molar-refractivity contribution in [3.63, 3.8) is 0 Å². The maximum Gasteiger partial charge on any atom is 0.418 e. The molecule has 1 aliphatic heterocycles. The highest BCUT2D eigenvalue weighted by Crippen LogP contribution is 2.47. The van der Waals surface area contributed by atoms with E-state index in [0.717, 1.165) is 25.7 Å². The minimum Gasteiger partial charge on any atom is -0.463 e. The number of hydrogen-bond acceptors (Lipinski definition) is 8. The van der Waals surface area contributed by atoms with Crippen LogP contribution in [0, 0.1) is 22.0 Å². The molecule has 0 aromatic heterocycles. The molecular weight excluding hydrogens is 334 g/mol. The van der Waals surface area contributed by atoms with Crippen LogP contribution in [0.15, 0.2) is 4.99 Å². The first-order valence-electron chi connectivity index (χ1n) is 8.65. The number of rotatable bonds is 10. The van der Waals surface area contributed by atoms with E-state index < -0.39 is 11.2 Å². The molecule has 140 valence electrons. The summed E-state index contributed by atoms with van der Waals surface area (Å²) >= 11 is 0. The minimum atomic E-state index is -0.876. The first-order chi connectivity index (χ1) is 12.2. The molecule has 2 aliphatic carbocycles. The highest BCUT2D eigenvalue weighted by molar-refractivity contribution is 5.92. The van der Waals surface area contributed by atoms with Gasteiger partial charge in [0.25, 0.3) is 11.1 Å². The van der Waals surface area contributed by atoms with E-state index in [1.165, 1.54) is 0 Å². The molecule has 0 bridgehead atoms. The second-order valence-corrected chi connectivity index (χ2v) is 6.33. The molecule has 10 nitrogen and oxygen atoms in total. The van der Waals surface area contributed by atoms with Gasteiger partial charge >= 0.3 is 6.09 Å². The van der Waals surface area contributed by atoms with Crippen molar-refractivity contribution in [3.8, 4) is 0 Å². The minimum absolute atomic E-state index is 0.0587. The molecule has 0 N–H and O–H groups in total. The van der Waals surface area contributed by atoms with Crippen LogP contribution < -0.4 is 0 Å². The van der Waals surface area contributed by atoms with Crippen LogP contribution in [0.2, 0.25) is 0 Å². The molecule has 1 heterocycles. The Labute approximate surface area is 145 Å². The molecule has 2 saturated carbocycles. The first kappa shape index (κ1) is 17.7. The number of amidine groups is 1. The summed E-state index contributed by atoms with van der Waals surface area (Å²) in [4.78, 5) is 32.6. The van der Waals surface area contributed by atoms with E-state index in [-0.39, 0.29) is 32.5 Å². The fourth-order valence-electron chi connectivity index (χ4n) is 3.01. The fraction of sp³-hybridized carbons (Fsp3) is 0.867. The van der Waals surface area contributed by atoms with E-state index >= 15 is 0 Å². The number of ether oxygens (including phenoxy) is 3. The normalized spacial score (nSPS) is 19.3. The quantitative estimate of drug-likeness (QED) is 0.328. The van der Waals surface area contributed by atoms with Gasteiger partial charge in [0.15, 0.2) is 0 Å². The van der Waals surface area contributed by atoms with Gasteiger partial charge in [-0.15, -0.1) is 10.1 Å². The van der Waals surface area contributed by atoms with Gasteiger partial charge in [-0.05, 0) is 37.5 Å². The smallest absolute Gasteiger partial charge is 0.418 e. The van der Waals surface area contributed by atoms with Crippen molar-refractivity contribution in [2.45, 2.75) is 31.7 Å². The molecule has 10 heteroatoms. The molecule has 0 radical (unpaired) electrons. The maximum atomic E-state index is 12.6. The molecule has 0 saturated heterocycles. The summed E-state index contributed by atoms with van der Waals surface area (Å²) in [6.07, 6.45) is 4.03. The van der Waals surface area contributed by atoms with E-state index in [1.807, 2.05) is 0 Å². The number of amides is 1. The van der Waals surface area contributed by atoms with Crippen molar-refractivity contribution in [1.82, 2.24) is 4.90 Å². The molecule has 2 fully saturated rings. The highest BCUT2D eigenvalue weighted by atomic mass is 17.0. The number of hydrogen-bond donors (Lipinski definition) is 0. The Morgan fingerprint density at radius 3 is 2.48 bits per heavy atom. The Kier molecular flexibility index (Phi) is 5.90. The van der Waals surface area contributed by atoms with Crippen LogP contribution in [-0.4, -0.2) is 67.7 Å². The molecule has 0 spiro atoms. The molecule has 0 atom stereocenters. The van der Waals surface area contributed by atoms with Crippen molar-refractivity contribution in [3.05, 3.63) is 10.1 Å². The van der Waals surface area contributed by atoms with Crippen molar-refractivity contribution in [2.24, 2.45) is 16.8 Å². The second-order valence-electron chi connectivity index (χ2n) is 6.33. The van der Waals surface area contributed by atoms with E-state index in [1.54, 1.807) is 4.90 Å². The maximum absolute atomic E-state index is 12.6. The zero-order valence-corrected chi connectivity index (χ0v) is 14.0. The SMILES string of the molecule is O=C(OCCOCCO[N+](=O)[O-])N(C1=NCCO1)C(C1CC1)C1CC1. The third-order valence-electron chi connectivity index (χ3n) is 4.36. The van der Waals surface area contributed by atoms with Gasteiger partial charge < -0.3 is 19.0 Å². The average molecular weight is 357 g/mol. The monoisotopic (exact) mass is 357 g/mol. The molecule has 3 aliphatic rings. The van der Waals surface area contributed by atoms with Crippen LogP contribution in [0.4, 0.5) is 4.79 Å². The third-order valence-corrected chi connectivity index (χ3v) is 4.36. The van der Waals surface area contributed by atoms with Gasteiger partial charge in [0, 0.05) is 0 Å². The number of nitrogens with zero attached hydrogens (tertiary/aromatic N) is 3. The Hall–Kier alpha value is -2.10. The van der Waals surface area contributed by atoms with Crippen molar-refractivity contribution >= 4 is 12.1 Å². The summed E-state index contributed by atoms with van der Waals surface area (Å²) in [6.45, 7) is 1.16. The van der Waals surface area contributed by atoms with Crippen LogP contribution in [0.5, 0.6) is 0 Å². The van der Waals surface area contributed by atoms with Gasteiger partial charge in [-0.2, -0.15) is 0 Å². The Bertz CT molecular complexity index is 507. The second kappa shape index (κ2) is 8.32. The predicted molar refractivity (Wildman–Crippen MR) is 84.4 cm³/mol. The number of carbonyl (C=O) groups excluding carboxylic acids is 1. The highest BCUT2D eigenvalue weighted by Gasteiger charge is 2.49. The molecule has 0 aromatic rings. The molecule has 0 unspecified atom stereocenters. The molecule has 25 heavy (non-hydrogen) atoms. The average Bonchev–Trinajstić information content (AvgIpc) is 3.52. The van der Waals surface area contributed by atoms with Crippen LogP contribution in [-0.2, 0) is 19.0 Å². The van der Waals surface area contributed by atoms with Crippen LogP contribution >= 0.6 is 0 Å². The van der Waals surface area contributed by atoms with E-state index in [0.29, 0.717) is 31.0 Å². The summed E-state index contributed by atoms with van der Waals surface area (Å²) in [7, 11) is 0. The zero-order chi connectivity index (χ0) is 17.6. The first-order valence-corrected chi connectivity index (χ1v) is 8.65. The summed E-state index contributed by atoms with van der Waals surface area (Å²) in [5.74, 6) is 1.00. The van der Waals surface area contributed by atoms with Gasteiger partial charge in [-0.25, -0.2) is 14.7 Å². The van der Waals surface area contributed by atoms with Gasteiger partial charge in [0.1, 0.15) is 19.8 Å². The standard InChI is InChI=1S/C15H23N3O7/c19-15(24-9-7-22-8-10-25-18(20)21)17(14-16-5-6-23-14)13(11-1-2-11)12-3-4-12/h11-13H,1-10H2. The van der Waals surface area contributed by atoms with E-state index in [4.69, 9.17) is 14.2 Å². The lowest BCUT2D eigenvalue weighted by Gasteiger charge is -2.30. The van der Waals surface area contributed by atoms with Crippen molar-refractivity contribution in [1.29, 1.82) is 0 Å². The Balaban J connectivity index is 1.45. The lowest BCUT2D eigenvalue weighted by molar-refractivity contribution is -0.758. The molecule has 0 aromatic carbocycles. The molecular formula is C15H23N3O7. The van der Waals surface area contributed by atoms with Gasteiger partial charge in [0.05, 0.1) is 25.8 Å². The molecule has 3 rings (SSSR count). The van der Waals surface area contributed by atoms with Gasteiger partial charge in [-0.3, -0.25) is 0 Å². The van der Waals surface area contributed by atoms with Crippen molar-refractivity contribution in [2.75, 3.05) is 39.6 Å². The number of aliphatic imine (C=N–C) groups is 1. The molecule has 1 amide bonds. The summed E-state index contributed by atoms with van der Waals surface area (Å²) in [6, 6.07) is 0.480. The predicted octanol–water partition coefficient (Wildman–Crippen LogP) is 1.22. The topological polar surface area (TPSA) is 113 Å². The van der Waals surface area contributed by atoms with E-state index in [2.05, 4.69) is 9.83 Å². The lowest BCUT2D eigenvalue weighted by atomic mass is 10.1. The van der Waals surface area contributed by atoms with Crippen LogP contribution in [0.1, 0.15) is 25.7 Å². The largest absolute Gasteiger partial charge is 0.463 e. The lowest BCUT2D eigenvalue weighted by Crippen LogP contribution is -2.47. The zero-order valence-electron chi connectivity index (χ0n) is 14.0. The van der Waals surface area contributed by atoms with Crippen molar-refractivity contribution < 1.29 is 28.9 Å². The Morgan fingerprint density at radius 1 is 1.24 bits per heavy atom. The van der Waals surface area contributed by atoms with E-state index in [9.17, 15) is 14.9 Å². The van der Waals surface area contributed by atoms with Crippen LogP contribution in [0.3, 0.4) is 0 Å². The summed E-state index contributed by atoms with van der Waals surface area (Å²) in [5.41, 5.74) is 0. The summed E-state index contributed by atoms with van der Waals surface area (Å²) < 4.78 is 16.0. The van der Waals surface area contributed by atoms with Crippen LogP contribution in [0.25, 0.3) is 0 Å². The fourth-order valence-corrected chi connectivity index (χ4v) is 3.01. The van der Waals surface area contributed by atoms with Gasteiger partial charge in [0.2, 0.25) is 0 Å². The Morgan fingerprint density at radius 2 is 1.92 bits per heavy atom. The summed E-state index contributed by atoms with van der Waals surface area (Å²) in [5, 5.41) is 9.12. The third kappa shape index (κ3) is 5.18.